The van der Waals surface area contributed by atoms with Gasteiger partial charge in [-0.25, -0.2) is 4.79 Å². The standard InChI is InChI=1S/C11H16N2O4/c1-17-11(16)7-3-2-6(4-8(7)13)10(15)9(14)5-12/h2-4,9-10,14-15H,5,12-13H2,1H3. The van der Waals surface area contributed by atoms with Crippen LogP contribution in [-0.2, 0) is 4.74 Å². The number of rotatable bonds is 4. The molecule has 0 spiro atoms. The van der Waals surface area contributed by atoms with Crippen LogP contribution in [0, 0.1) is 0 Å². The quantitative estimate of drug-likeness (QED) is 0.412. The normalized spacial score (nSPS) is 14.1. The molecule has 17 heavy (non-hydrogen) atoms. The lowest BCUT2D eigenvalue weighted by atomic mass is 10.0. The third-order valence-electron chi connectivity index (χ3n) is 2.43. The van der Waals surface area contributed by atoms with Crippen LogP contribution in [0.15, 0.2) is 18.2 Å². The van der Waals surface area contributed by atoms with Crippen molar-refractivity contribution in [2.75, 3.05) is 19.4 Å². The fourth-order valence-corrected chi connectivity index (χ4v) is 1.41. The number of anilines is 1. The predicted octanol–water partition coefficient (Wildman–Crippen LogP) is -0.592. The van der Waals surface area contributed by atoms with Crippen LogP contribution in [0.1, 0.15) is 22.0 Å². The second kappa shape index (κ2) is 5.62. The number of benzene rings is 1. The highest BCUT2D eigenvalue weighted by Gasteiger charge is 2.19. The molecule has 0 fully saturated rings. The molecule has 6 nitrogen and oxygen atoms in total. The van der Waals surface area contributed by atoms with Gasteiger partial charge in [0.1, 0.15) is 6.10 Å². The molecule has 0 aliphatic heterocycles. The number of methoxy groups -OCH3 is 1. The van der Waals surface area contributed by atoms with Crippen LogP contribution in [0.4, 0.5) is 5.69 Å². The Bertz CT molecular complexity index is 408. The fourth-order valence-electron chi connectivity index (χ4n) is 1.41. The molecule has 0 aromatic heterocycles. The Morgan fingerprint density at radius 2 is 2.12 bits per heavy atom. The summed E-state index contributed by atoms with van der Waals surface area (Å²) < 4.78 is 4.54. The van der Waals surface area contributed by atoms with Gasteiger partial charge >= 0.3 is 5.97 Å². The lowest BCUT2D eigenvalue weighted by Crippen LogP contribution is -2.27. The van der Waals surface area contributed by atoms with Gasteiger partial charge in [-0.3, -0.25) is 0 Å². The van der Waals surface area contributed by atoms with Crippen LogP contribution in [0.5, 0.6) is 0 Å². The Morgan fingerprint density at radius 3 is 2.59 bits per heavy atom. The summed E-state index contributed by atoms with van der Waals surface area (Å²) in [7, 11) is 1.25. The van der Waals surface area contributed by atoms with Crippen LogP contribution in [-0.4, -0.2) is 35.9 Å². The molecular formula is C11H16N2O4. The molecule has 1 aromatic carbocycles. The first-order chi connectivity index (χ1) is 8.01. The Morgan fingerprint density at radius 1 is 1.47 bits per heavy atom. The van der Waals surface area contributed by atoms with E-state index in [-0.39, 0.29) is 17.8 Å². The van der Waals surface area contributed by atoms with Crippen LogP contribution >= 0.6 is 0 Å². The minimum atomic E-state index is -1.13. The number of nitrogens with two attached hydrogens (primary N) is 2. The number of carbonyl (C=O) groups excluding carboxylic acids is 1. The molecule has 0 bridgehead atoms. The number of hydrogen-bond donors (Lipinski definition) is 4. The van der Waals surface area contributed by atoms with E-state index in [1.807, 2.05) is 0 Å². The van der Waals surface area contributed by atoms with Crippen LogP contribution < -0.4 is 11.5 Å². The summed E-state index contributed by atoms with van der Waals surface area (Å²) in [6.07, 6.45) is -2.20. The van der Waals surface area contributed by atoms with Crippen molar-refractivity contribution in [3.8, 4) is 0 Å². The van der Waals surface area contributed by atoms with Crippen molar-refractivity contribution in [1.29, 1.82) is 0 Å². The zero-order chi connectivity index (χ0) is 13.0. The summed E-state index contributed by atoms with van der Waals surface area (Å²) in [5.74, 6) is -0.553. The molecule has 1 rings (SSSR count). The van der Waals surface area contributed by atoms with Crippen molar-refractivity contribution in [2.45, 2.75) is 12.2 Å². The molecule has 0 saturated carbocycles. The van der Waals surface area contributed by atoms with Gasteiger partial charge in [0.2, 0.25) is 0 Å². The van der Waals surface area contributed by atoms with Gasteiger partial charge in [-0.05, 0) is 17.7 Å². The van der Waals surface area contributed by atoms with E-state index in [2.05, 4.69) is 4.74 Å². The molecule has 0 aliphatic carbocycles. The van der Waals surface area contributed by atoms with Gasteiger partial charge in [-0.1, -0.05) is 6.07 Å². The van der Waals surface area contributed by atoms with Gasteiger partial charge in [0, 0.05) is 12.2 Å². The summed E-state index contributed by atoms with van der Waals surface area (Å²) in [4.78, 5) is 11.3. The van der Waals surface area contributed by atoms with Gasteiger partial charge in [0.25, 0.3) is 0 Å². The highest BCUT2D eigenvalue weighted by molar-refractivity contribution is 5.95. The van der Waals surface area contributed by atoms with E-state index in [9.17, 15) is 15.0 Å². The highest BCUT2D eigenvalue weighted by atomic mass is 16.5. The maximum atomic E-state index is 11.3. The smallest absolute Gasteiger partial charge is 0.339 e. The topological polar surface area (TPSA) is 119 Å². The van der Waals surface area contributed by atoms with E-state index in [1.165, 1.54) is 25.3 Å². The van der Waals surface area contributed by atoms with E-state index in [4.69, 9.17) is 11.5 Å². The van der Waals surface area contributed by atoms with Crippen molar-refractivity contribution >= 4 is 11.7 Å². The summed E-state index contributed by atoms with van der Waals surface area (Å²) in [6, 6.07) is 4.34. The van der Waals surface area contributed by atoms with Gasteiger partial charge in [-0.2, -0.15) is 0 Å². The molecular weight excluding hydrogens is 224 g/mol. The van der Waals surface area contributed by atoms with Crippen molar-refractivity contribution in [3.05, 3.63) is 29.3 Å². The molecule has 0 aliphatic rings. The molecule has 2 atom stereocenters. The van der Waals surface area contributed by atoms with E-state index in [0.29, 0.717) is 5.56 Å². The van der Waals surface area contributed by atoms with Crippen LogP contribution in [0.3, 0.4) is 0 Å². The third kappa shape index (κ3) is 2.94. The lowest BCUT2D eigenvalue weighted by molar-refractivity contribution is 0.0243. The Labute approximate surface area is 98.8 Å². The van der Waals surface area contributed by atoms with Gasteiger partial charge in [0.05, 0.1) is 18.8 Å². The largest absolute Gasteiger partial charge is 0.465 e. The average molecular weight is 240 g/mol. The fraction of sp³-hybridized carbons (Fsp3) is 0.364. The van der Waals surface area contributed by atoms with E-state index in [1.54, 1.807) is 0 Å². The van der Waals surface area contributed by atoms with Crippen molar-refractivity contribution in [2.24, 2.45) is 5.73 Å². The van der Waals surface area contributed by atoms with Crippen molar-refractivity contribution in [1.82, 2.24) is 0 Å². The summed E-state index contributed by atoms with van der Waals surface area (Å²) >= 11 is 0. The molecule has 0 radical (unpaired) electrons. The number of aliphatic hydroxyl groups excluding tert-OH is 2. The van der Waals surface area contributed by atoms with Crippen molar-refractivity contribution in [3.63, 3.8) is 0 Å². The second-order valence-electron chi connectivity index (χ2n) is 3.59. The molecule has 94 valence electrons. The molecule has 6 N–H and O–H groups in total. The number of ether oxygens (including phenoxy) is 1. The molecule has 2 unspecified atom stereocenters. The van der Waals surface area contributed by atoms with Crippen molar-refractivity contribution < 1.29 is 19.7 Å². The maximum Gasteiger partial charge on any atom is 0.339 e. The van der Waals surface area contributed by atoms with E-state index >= 15 is 0 Å². The summed E-state index contributed by atoms with van der Waals surface area (Å²) in [5, 5.41) is 19.1. The first-order valence-electron chi connectivity index (χ1n) is 5.05. The summed E-state index contributed by atoms with van der Waals surface area (Å²) in [6.45, 7) is -0.0696. The highest BCUT2D eigenvalue weighted by Crippen LogP contribution is 2.22. The monoisotopic (exact) mass is 240 g/mol. The molecule has 1 aromatic rings. The number of nitrogen functional groups attached to an aromatic ring is 1. The number of hydrogen-bond acceptors (Lipinski definition) is 6. The van der Waals surface area contributed by atoms with Gasteiger partial charge < -0.3 is 26.4 Å². The van der Waals surface area contributed by atoms with Gasteiger partial charge in [0.15, 0.2) is 0 Å². The SMILES string of the molecule is COC(=O)c1ccc(C(O)C(O)CN)cc1N. The average Bonchev–Trinajstić information content (AvgIpc) is 2.35. The van der Waals surface area contributed by atoms with Gasteiger partial charge in [-0.15, -0.1) is 0 Å². The van der Waals surface area contributed by atoms with E-state index < -0.39 is 18.2 Å². The first-order valence-corrected chi connectivity index (χ1v) is 5.05. The Balaban J connectivity index is 3.00. The van der Waals surface area contributed by atoms with Crippen LogP contribution in [0.25, 0.3) is 0 Å². The Kier molecular flexibility index (Phi) is 4.45. The molecule has 0 heterocycles. The zero-order valence-corrected chi connectivity index (χ0v) is 9.46. The predicted molar refractivity (Wildman–Crippen MR) is 62.2 cm³/mol. The minimum absolute atomic E-state index is 0.0696. The minimum Gasteiger partial charge on any atom is -0.465 e. The van der Waals surface area contributed by atoms with Crippen LogP contribution in [0.2, 0.25) is 0 Å². The first kappa shape index (κ1) is 13.4. The van der Waals surface area contributed by atoms with E-state index in [0.717, 1.165) is 0 Å². The molecule has 6 heteroatoms. The Hall–Kier alpha value is -1.63. The molecule has 0 saturated heterocycles. The maximum absolute atomic E-state index is 11.3. The number of carbonyl (C=O) groups is 1. The zero-order valence-electron chi connectivity index (χ0n) is 9.46. The molecule has 0 amide bonds. The third-order valence-corrected chi connectivity index (χ3v) is 2.43. The number of esters is 1. The second-order valence-corrected chi connectivity index (χ2v) is 3.59. The summed E-state index contributed by atoms with van der Waals surface area (Å²) in [5.41, 5.74) is 11.7. The lowest BCUT2D eigenvalue weighted by Gasteiger charge is -2.17. The number of aliphatic hydroxyl groups is 2.